The molecule has 0 spiro atoms. The van der Waals surface area contributed by atoms with Crippen LogP contribution in [0.4, 0.5) is 0 Å². The van der Waals surface area contributed by atoms with Gasteiger partial charge in [-0.05, 0) is 31.0 Å². The Bertz CT molecular complexity index is 784. The van der Waals surface area contributed by atoms with Crippen LogP contribution in [0.2, 0.25) is 0 Å². The molecule has 1 aromatic heterocycles. The molecule has 8 heteroatoms. The van der Waals surface area contributed by atoms with E-state index in [0.29, 0.717) is 5.56 Å². The maximum Gasteiger partial charge on any atom is 0.338 e. The van der Waals surface area contributed by atoms with Gasteiger partial charge in [-0.2, -0.15) is 0 Å². The van der Waals surface area contributed by atoms with Crippen molar-refractivity contribution in [3.63, 3.8) is 0 Å². The summed E-state index contributed by atoms with van der Waals surface area (Å²) in [5.41, 5.74) is 2.88. The highest BCUT2D eigenvalue weighted by Crippen LogP contribution is 2.19. The van der Waals surface area contributed by atoms with Crippen LogP contribution in [0.15, 0.2) is 23.7 Å². The van der Waals surface area contributed by atoms with E-state index in [0.717, 1.165) is 23.1 Å². The zero-order valence-corrected chi connectivity index (χ0v) is 14.0. The van der Waals surface area contributed by atoms with Crippen LogP contribution in [-0.2, 0) is 14.3 Å². The average Bonchev–Trinajstić information content (AvgIpc) is 3.24. The number of thiazole rings is 1. The third kappa shape index (κ3) is 4.08. The molecule has 1 heterocycles. The smallest absolute Gasteiger partial charge is 0.338 e. The largest absolute Gasteiger partial charge is 0.452 e. The van der Waals surface area contributed by atoms with Crippen molar-refractivity contribution in [3.8, 4) is 0 Å². The van der Waals surface area contributed by atoms with Gasteiger partial charge >= 0.3 is 5.97 Å². The lowest BCUT2D eigenvalue weighted by Crippen LogP contribution is -2.40. The van der Waals surface area contributed by atoms with Gasteiger partial charge in [0.05, 0.1) is 27.8 Å². The lowest BCUT2D eigenvalue weighted by atomic mass is 10.2. The van der Waals surface area contributed by atoms with Gasteiger partial charge in [0.2, 0.25) is 5.91 Å². The molecule has 7 nitrogen and oxygen atoms in total. The summed E-state index contributed by atoms with van der Waals surface area (Å²) in [6.07, 6.45) is 1.98. The Morgan fingerprint density at radius 3 is 2.92 bits per heavy atom. The Balaban J connectivity index is 1.49. The number of hydrogen-bond donors (Lipinski definition) is 1. The van der Waals surface area contributed by atoms with Gasteiger partial charge in [-0.25, -0.2) is 9.78 Å². The van der Waals surface area contributed by atoms with Crippen LogP contribution in [-0.4, -0.2) is 53.9 Å². The van der Waals surface area contributed by atoms with Crippen LogP contribution < -0.4 is 5.32 Å². The van der Waals surface area contributed by atoms with Crippen LogP contribution >= 0.6 is 11.3 Å². The molecule has 3 rings (SSSR count). The third-order valence-electron chi connectivity index (χ3n) is 3.64. The number of nitrogens with one attached hydrogen (secondary N) is 1. The minimum atomic E-state index is -0.575. The Kier molecular flexibility index (Phi) is 4.75. The van der Waals surface area contributed by atoms with Gasteiger partial charge in [0.25, 0.3) is 5.91 Å². The summed E-state index contributed by atoms with van der Waals surface area (Å²) in [5.74, 6) is -1.20. The Labute approximate surface area is 142 Å². The van der Waals surface area contributed by atoms with E-state index in [1.807, 2.05) is 0 Å². The second-order valence-electron chi connectivity index (χ2n) is 5.70. The number of rotatable bonds is 6. The van der Waals surface area contributed by atoms with E-state index in [9.17, 15) is 14.4 Å². The molecule has 0 unspecified atom stereocenters. The third-order valence-corrected chi connectivity index (χ3v) is 4.43. The quantitative estimate of drug-likeness (QED) is 0.793. The molecule has 126 valence electrons. The number of likely N-dealkylation sites (N-methyl/N-ethyl adjacent to an activating group) is 1. The number of ether oxygens (including phenoxy) is 1. The van der Waals surface area contributed by atoms with Crippen molar-refractivity contribution in [2.45, 2.75) is 18.9 Å². The summed E-state index contributed by atoms with van der Waals surface area (Å²) in [4.78, 5) is 41.0. The number of carbonyl (C=O) groups is 3. The molecule has 1 saturated carbocycles. The molecule has 1 fully saturated rings. The molecule has 1 aliphatic carbocycles. The molecule has 0 aliphatic heterocycles. The fraction of sp³-hybridized carbons (Fsp3) is 0.375. The molecule has 24 heavy (non-hydrogen) atoms. The molecule has 1 aromatic carbocycles. The molecule has 0 atom stereocenters. The number of fused-ring (bicyclic) bond motifs is 1. The Morgan fingerprint density at radius 1 is 1.38 bits per heavy atom. The van der Waals surface area contributed by atoms with Crippen molar-refractivity contribution in [2.75, 3.05) is 20.2 Å². The summed E-state index contributed by atoms with van der Waals surface area (Å²) < 4.78 is 5.91. The van der Waals surface area contributed by atoms with Gasteiger partial charge < -0.3 is 15.0 Å². The first-order valence-corrected chi connectivity index (χ1v) is 8.44. The zero-order valence-electron chi connectivity index (χ0n) is 13.2. The molecule has 1 aliphatic rings. The topological polar surface area (TPSA) is 88.6 Å². The van der Waals surface area contributed by atoms with Crippen molar-refractivity contribution in [1.29, 1.82) is 0 Å². The first kappa shape index (κ1) is 16.4. The highest BCUT2D eigenvalue weighted by Gasteiger charge is 2.24. The highest BCUT2D eigenvalue weighted by atomic mass is 32.1. The molecule has 2 amide bonds. The van der Waals surface area contributed by atoms with E-state index in [-0.39, 0.29) is 18.5 Å². The fourth-order valence-electron chi connectivity index (χ4n) is 2.11. The minimum absolute atomic E-state index is 0.0420. The zero-order chi connectivity index (χ0) is 17.1. The second-order valence-corrected chi connectivity index (χ2v) is 6.59. The van der Waals surface area contributed by atoms with Crippen LogP contribution in [0.5, 0.6) is 0 Å². The van der Waals surface area contributed by atoms with Gasteiger partial charge in [-0.1, -0.05) is 0 Å². The van der Waals surface area contributed by atoms with E-state index in [1.54, 1.807) is 23.7 Å². The summed E-state index contributed by atoms with van der Waals surface area (Å²) in [6.45, 7) is -0.438. The number of carbonyl (C=O) groups excluding carboxylic acids is 3. The van der Waals surface area contributed by atoms with Crippen LogP contribution in [0.1, 0.15) is 23.2 Å². The number of esters is 1. The van der Waals surface area contributed by atoms with Crippen molar-refractivity contribution >= 4 is 39.3 Å². The molecule has 0 saturated heterocycles. The minimum Gasteiger partial charge on any atom is -0.452 e. The monoisotopic (exact) mass is 347 g/mol. The summed E-state index contributed by atoms with van der Waals surface area (Å²) in [7, 11) is 1.51. The standard InChI is InChI=1S/C16H17N3O4S/c1-19(7-14(20)18-11-3-4-11)15(21)8-23-16(22)10-2-5-12-13(6-10)24-9-17-12/h2,5-6,9,11H,3-4,7-8H2,1H3,(H,18,20). The Morgan fingerprint density at radius 2 is 2.17 bits per heavy atom. The number of hydrogen-bond acceptors (Lipinski definition) is 6. The lowest BCUT2D eigenvalue weighted by Gasteiger charge is -2.16. The number of aromatic nitrogens is 1. The van der Waals surface area contributed by atoms with Crippen LogP contribution in [0, 0.1) is 0 Å². The van der Waals surface area contributed by atoms with Gasteiger partial charge in [0.15, 0.2) is 6.61 Å². The van der Waals surface area contributed by atoms with E-state index in [1.165, 1.54) is 23.3 Å². The first-order chi connectivity index (χ1) is 11.5. The van der Waals surface area contributed by atoms with Crippen molar-refractivity contribution in [1.82, 2.24) is 15.2 Å². The molecular formula is C16H17N3O4S. The van der Waals surface area contributed by atoms with Gasteiger partial charge in [-0.3, -0.25) is 9.59 Å². The maximum atomic E-state index is 12.0. The lowest BCUT2D eigenvalue weighted by molar-refractivity contribution is -0.137. The molecule has 0 radical (unpaired) electrons. The molecule has 1 N–H and O–H groups in total. The van der Waals surface area contributed by atoms with E-state index < -0.39 is 18.5 Å². The van der Waals surface area contributed by atoms with Crippen molar-refractivity contribution in [2.24, 2.45) is 0 Å². The predicted octanol–water partition coefficient (Wildman–Crippen LogP) is 1.19. The predicted molar refractivity (Wildman–Crippen MR) is 88.7 cm³/mol. The van der Waals surface area contributed by atoms with Gasteiger partial charge in [0.1, 0.15) is 0 Å². The van der Waals surface area contributed by atoms with Gasteiger partial charge in [0, 0.05) is 13.1 Å². The molecule has 2 aromatic rings. The number of amides is 2. The van der Waals surface area contributed by atoms with E-state index in [2.05, 4.69) is 10.3 Å². The normalized spacial score (nSPS) is 13.5. The summed E-state index contributed by atoms with van der Waals surface area (Å²) in [5, 5.41) is 2.80. The number of benzene rings is 1. The number of nitrogens with zero attached hydrogens (tertiary/aromatic N) is 2. The molecule has 0 bridgehead atoms. The molecular weight excluding hydrogens is 330 g/mol. The average molecular weight is 347 g/mol. The summed E-state index contributed by atoms with van der Waals surface area (Å²) in [6, 6.07) is 5.29. The van der Waals surface area contributed by atoms with Crippen molar-refractivity contribution < 1.29 is 19.1 Å². The second kappa shape index (κ2) is 6.96. The van der Waals surface area contributed by atoms with E-state index >= 15 is 0 Å². The maximum absolute atomic E-state index is 12.0. The fourth-order valence-corrected chi connectivity index (χ4v) is 2.82. The summed E-state index contributed by atoms with van der Waals surface area (Å²) >= 11 is 1.43. The van der Waals surface area contributed by atoms with Gasteiger partial charge in [-0.15, -0.1) is 11.3 Å². The first-order valence-electron chi connectivity index (χ1n) is 7.56. The Hall–Kier alpha value is -2.48. The van der Waals surface area contributed by atoms with Crippen LogP contribution in [0.25, 0.3) is 10.2 Å². The SMILES string of the molecule is CN(CC(=O)NC1CC1)C(=O)COC(=O)c1ccc2ncsc2c1. The van der Waals surface area contributed by atoms with Crippen molar-refractivity contribution in [3.05, 3.63) is 29.3 Å². The van der Waals surface area contributed by atoms with Crippen LogP contribution in [0.3, 0.4) is 0 Å². The highest BCUT2D eigenvalue weighted by molar-refractivity contribution is 7.16. The van der Waals surface area contributed by atoms with E-state index in [4.69, 9.17) is 4.74 Å².